The Morgan fingerprint density at radius 3 is 2.29 bits per heavy atom. The summed E-state index contributed by atoms with van der Waals surface area (Å²) in [5, 5.41) is 0. The van der Waals surface area contributed by atoms with E-state index >= 15 is 0 Å². The molecule has 3 heteroatoms. The van der Waals surface area contributed by atoms with E-state index in [9.17, 15) is 9.18 Å². The number of benzene rings is 2. The summed E-state index contributed by atoms with van der Waals surface area (Å²) in [7, 11) is 0. The molecule has 2 aromatic rings. The summed E-state index contributed by atoms with van der Waals surface area (Å²) in [5.74, 6) is 0.291. The van der Waals surface area contributed by atoms with E-state index < -0.39 is 0 Å². The minimum Gasteiger partial charge on any atom is -0.486 e. The van der Waals surface area contributed by atoms with Crippen LogP contribution in [0.2, 0.25) is 0 Å². The van der Waals surface area contributed by atoms with Crippen LogP contribution >= 0.6 is 0 Å². The lowest BCUT2D eigenvalue weighted by molar-refractivity contribution is -0.111. The van der Waals surface area contributed by atoms with Gasteiger partial charge in [-0.25, -0.2) is 4.39 Å². The fraction of sp³-hybridized carbons (Fsp3) is 0.381. The first-order valence-electron chi connectivity index (χ1n) is 8.57. The summed E-state index contributed by atoms with van der Waals surface area (Å²) >= 11 is 0. The quantitative estimate of drug-likeness (QED) is 0.571. The molecule has 0 heterocycles. The molecule has 2 nitrogen and oxygen atoms in total. The summed E-state index contributed by atoms with van der Waals surface area (Å²) in [6.07, 6.45) is 5.55. The zero-order valence-electron chi connectivity index (χ0n) is 14.6. The van der Waals surface area contributed by atoms with Gasteiger partial charge in [-0.3, -0.25) is 0 Å². The van der Waals surface area contributed by atoms with Crippen molar-refractivity contribution in [3.8, 4) is 5.75 Å². The third kappa shape index (κ3) is 7.91. The number of aldehydes is 1. The third-order valence-electron chi connectivity index (χ3n) is 3.72. The van der Waals surface area contributed by atoms with Crippen LogP contribution in [0.25, 0.3) is 0 Å². The summed E-state index contributed by atoms with van der Waals surface area (Å²) in [6.45, 7) is 4.61. The van der Waals surface area contributed by atoms with Crippen LogP contribution in [0, 0.1) is 11.7 Å². The van der Waals surface area contributed by atoms with Crippen molar-refractivity contribution < 1.29 is 13.9 Å². The van der Waals surface area contributed by atoms with Gasteiger partial charge >= 0.3 is 0 Å². The fourth-order valence-electron chi connectivity index (χ4n) is 2.13. The predicted octanol–water partition coefficient (Wildman–Crippen LogP) is 5.81. The Morgan fingerprint density at radius 2 is 1.71 bits per heavy atom. The summed E-state index contributed by atoms with van der Waals surface area (Å²) < 4.78 is 18.5. The Kier molecular flexibility index (Phi) is 10.2. The molecule has 130 valence electrons. The molecule has 0 spiro atoms. The first-order chi connectivity index (χ1) is 11.7. The average molecular weight is 330 g/mol. The number of unbranched alkanes of at least 4 members (excludes halogenated alkanes) is 1. The number of carbonyl (C=O) groups is 1. The van der Waals surface area contributed by atoms with E-state index in [1.54, 1.807) is 18.2 Å². The lowest BCUT2D eigenvalue weighted by atomic mass is 10.0. The highest BCUT2D eigenvalue weighted by molar-refractivity contribution is 5.53. The maximum atomic E-state index is 13.2. The van der Waals surface area contributed by atoms with Crippen LogP contribution in [0.15, 0.2) is 54.6 Å². The molecule has 0 fully saturated rings. The minimum absolute atomic E-state index is 0.293. The lowest BCUT2D eigenvalue weighted by Gasteiger charge is -2.06. The highest BCUT2D eigenvalue weighted by Gasteiger charge is 2.01. The van der Waals surface area contributed by atoms with Crippen LogP contribution in [0.4, 0.5) is 4.39 Å². The molecule has 24 heavy (non-hydrogen) atoms. The Labute approximate surface area is 144 Å². The fourth-order valence-corrected chi connectivity index (χ4v) is 2.13. The van der Waals surface area contributed by atoms with Gasteiger partial charge in [0.1, 0.15) is 12.9 Å². The van der Waals surface area contributed by atoms with Gasteiger partial charge in [-0.15, -0.1) is 0 Å². The van der Waals surface area contributed by atoms with Gasteiger partial charge in [0.15, 0.2) is 11.6 Å². The smallest absolute Gasteiger partial charge is 0.165 e. The second-order valence-corrected chi connectivity index (χ2v) is 5.65. The Morgan fingerprint density at radius 1 is 1.04 bits per heavy atom. The SMILES string of the molecule is CCCCC(C=O)CC.Fc1ccccc1OCc1ccccc1. The molecule has 0 aliphatic carbocycles. The first-order valence-corrected chi connectivity index (χ1v) is 8.57. The molecule has 0 aromatic heterocycles. The van der Waals surface area contributed by atoms with Crippen molar-refractivity contribution in [2.24, 2.45) is 5.92 Å². The van der Waals surface area contributed by atoms with Crippen molar-refractivity contribution in [2.45, 2.75) is 46.1 Å². The van der Waals surface area contributed by atoms with E-state index in [-0.39, 0.29) is 5.82 Å². The van der Waals surface area contributed by atoms with Gasteiger partial charge in [-0.2, -0.15) is 0 Å². The van der Waals surface area contributed by atoms with Crippen LogP contribution in [-0.4, -0.2) is 6.29 Å². The van der Waals surface area contributed by atoms with Crippen molar-refractivity contribution in [3.63, 3.8) is 0 Å². The standard InChI is InChI=1S/C13H11FO.C8H16O/c14-12-8-4-5-9-13(12)15-10-11-6-2-1-3-7-11;1-3-5-6-8(4-2)7-9/h1-9H,10H2;7-8H,3-6H2,1-2H3. The molecule has 0 saturated carbocycles. The zero-order valence-corrected chi connectivity index (χ0v) is 14.6. The average Bonchev–Trinajstić information content (AvgIpc) is 2.63. The molecule has 0 saturated heterocycles. The van der Waals surface area contributed by atoms with Gasteiger partial charge in [-0.05, 0) is 30.5 Å². The van der Waals surface area contributed by atoms with Crippen molar-refractivity contribution in [1.29, 1.82) is 0 Å². The molecule has 2 aromatic carbocycles. The van der Waals surface area contributed by atoms with Crippen LogP contribution in [0.3, 0.4) is 0 Å². The normalized spacial score (nSPS) is 11.1. The molecular formula is C21H27FO2. The van der Waals surface area contributed by atoms with Gasteiger partial charge in [0, 0.05) is 5.92 Å². The van der Waals surface area contributed by atoms with Crippen molar-refractivity contribution in [3.05, 3.63) is 66.0 Å². The zero-order chi connectivity index (χ0) is 17.6. The molecule has 1 unspecified atom stereocenters. The van der Waals surface area contributed by atoms with Crippen LogP contribution in [-0.2, 0) is 11.4 Å². The monoisotopic (exact) mass is 330 g/mol. The first kappa shape index (κ1) is 19.9. The highest BCUT2D eigenvalue weighted by atomic mass is 19.1. The van der Waals surface area contributed by atoms with E-state index in [0.29, 0.717) is 18.3 Å². The van der Waals surface area contributed by atoms with Crippen LogP contribution < -0.4 is 4.74 Å². The van der Waals surface area contributed by atoms with E-state index in [0.717, 1.165) is 24.7 Å². The van der Waals surface area contributed by atoms with Gasteiger partial charge in [0.2, 0.25) is 0 Å². The maximum absolute atomic E-state index is 13.2. The van der Waals surface area contributed by atoms with E-state index in [1.807, 2.05) is 30.3 Å². The van der Waals surface area contributed by atoms with Gasteiger partial charge < -0.3 is 9.53 Å². The van der Waals surface area contributed by atoms with Crippen LogP contribution in [0.5, 0.6) is 5.75 Å². The van der Waals surface area contributed by atoms with Crippen molar-refractivity contribution >= 4 is 6.29 Å². The number of para-hydroxylation sites is 1. The minimum atomic E-state index is -0.326. The topological polar surface area (TPSA) is 26.3 Å². The number of hydrogen-bond donors (Lipinski definition) is 0. The Bertz CT molecular complexity index is 569. The predicted molar refractivity (Wildman–Crippen MR) is 96.5 cm³/mol. The number of ether oxygens (including phenoxy) is 1. The molecule has 1 atom stereocenters. The second kappa shape index (κ2) is 12.3. The largest absolute Gasteiger partial charge is 0.486 e. The van der Waals surface area contributed by atoms with Crippen LogP contribution in [0.1, 0.15) is 45.1 Å². The molecule has 0 aliphatic rings. The van der Waals surface area contributed by atoms with Gasteiger partial charge in [0.25, 0.3) is 0 Å². The van der Waals surface area contributed by atoms with Crippen molar-refractivity contribution in [1.82, 2.24) is 0 Å². The Balaban J connectivity index is 0.000000277. The second-order valence-electron chi connectivity index (χ2n) is 5.65. The molecule has 0 amide bonds. The highest BCUT2D eigenvalue weighted by Crippen LogP contribution is 2.16. The summed E-state index contributed by atoms with van der Waals surface area (Å²) in [6, 6.07) is 16.1. The molecule has 2 rings (SSSR count). The number of rotatable bonds is 8. The maximum Gasteiger partial charge on any atom is 0.165 e. The molecule has 0 radical (unpaired) electrons. The summed E-state index contributed by atoms with van der Waals surface area (Å²) in [4.78, 5) is 10.2. The molecule has 0 bridgehead atoms. The Hall–Kier alpha value is -2.16. The molecule has 0 N–H and O–H groups in total. The third-order valence-corrected chi connectivity index (χ3v) is 3.72. The number of hydrogen-bond acceptors (Lipinski definition) is 2. The van der Waals surface area contributed by atoms with Gasteiger partial charge in [-0.1, -0.05) is 69.2 Å². The number of carbonyl (C=O) groups excluding carboxylic acids is 1. The lowest BCUT2D eigenvalue weighted by Crippen LogP contribution is -1.98. The summed E-state index contributed by atoms with van der Waals surface area (Å²) in [5.41, 5.74) is 1.03. The van der Waals surface area contributed by atoms with Crippen molar-refractivity contribution in [2.75, 3.05) is 0 Å². The van der Waals surface area contributed by atoms with E-state index in [1.165, 1.54) is 18.9 Å². The van der Waals surface area contributed by atoms with Gasteiger partial charge in [0.05, 0.1) is 0 Å². The molecule has 0 aliphatic heterocycles. The van der Waals surface area contributed by atoms with E-state index in [2.05, 4.69) is 13.8 Å². The van der Waals surface area contributed by atoms with E-state index in [4.69, 9.17) is 4.74 Å². The molecular weight excluding hydrogens is 303 g/mol. The number of halogens is 1.